The second kappa shape index (κ2) is 11.9. The molecule has 0 atom stereocenters. The Kier molecular flexibility index (Phi) is 9.31. The second-order valence-electron chi connectivity index (χ2n) is 5.92. The van der Waals surface area contributed by atoms with Crippen molar-refractivity contribution in [3.8, 4) is 23.3 Å². The number of esters is 1. The molecule has 9 heteroatoms. The van der Waals surface area contributed by atoms with E-state index in [2.05, 4.69) is 43.8 Å². The minimum atomic E-state index is -0.627. The molecule has 0 fully saturated rings. The fraction of sp³-hybridized carbons (Fsp3) is 0.136. The minimum absolute atomic E-state index is 0.0814. The van der Waals surface area contributed by atoms with Crippen LogP contribution in [0.15, 0.2) is 63.6 Å². The van der Waals surface area contributed by atoms with Crippen LogP contribution in [0.5, 0.6) is 17.2 Å². The third kappa shape index (κ3) is 7.27. The van der Waals surface area contributed by atoms with Crippen molar-refractivity contribution in [2.75, 3.05) is 20.3 Å². The summed E-state index contributed by atoms with van der Waals surface area (Å²) in [6.07, 6.45) is 2.92. The first-order valence-electron chi connectivity index (χ1n) is 8.85. The van der Waals surface area contributed by atoms with E-state index in [0.29, 0.717) is 15.8 Å². The summed E-state index contributed by atoms with van der Waals surface area (Å²) in [7, 11) is 1.41. The van der Waals surface area contributed by atoms with Gasteiger partial charge in [0.15, 0.2) is 18.1 Å². The Morgan fingerprint density at radius 3 is 2.55 bits per heavy atom. The van der Waals surface area contributed by atoms with E-state index in [1.807, 2.05) is 6.07 Å². The van der Waals surface area contributed by atoms with Crippen molar-refractivity contribution < 1.29 is 23.8 Å². The minimum Gasteiger partial charge on any atom is -0.493 e. The summed E-state index contributed by atoms with van der Waals surface area (Å²) in [5, 5.41) is 11.8. The first-order chi connectivity index (χ1) is 14.9. The monoisotopic (exact) mass is 548 g/mol. The number of hydrogen-bond donors (Lipinski definition) is 1. The van der Waals surface area contributed by atoms with Gasteiger partial charge < -0.3 is 19.5 Å². The third-order valence-corrected chi connectivity index (χ3v) is 4.85. The first-order valence-corrected chi connectivity index (χ1v) is 10.4. The number of nitrogens with one attached hydrogen (secondary N) is 1. The fourth-order valence-electron chi connectivity index (χ4n) is 2.31. The largest absolute Gasteiger partial charge is 0.493 e. The molecule has 0 bridgehead atoms. The Bertz CT molecular complexity index is 1060. The fourth-order valence-corrected chi connectivity index (χ4v) is 3.48. The summed E-state index contributed by atoms with van der Waals surface area (Å²) in [6.45, 7) is 3.44. The van der Waals surface area contributed by atoms with Crippen LogP contribution in [0.4, 0.5) is 0 Å². The number of halogens is 2. The van der Waals surface area contributed by atoms with E-state index >= 15 is 0 Å². The lowest BCUT2D eigenvalue weighted by Gasteiger charge is -2.11. The summed E-state index contributed by atoms with van der Waals surface area (Å²) >= 11 is 6.70. The lowest BCUT2D eigenvalue weighted by atomic mass is 10.1. The van der Waals surface area contributed by atoms with Crippen molar-refractivity contribution in [3.63, 3.8) is 0 Å². The van der Waals surface area contributed by atoms with Gasteiger partial charge in [0.1, 0.15) is 17.4 Å². The lowest BCUT2D eigenvalue weighted by Crippen LogP contribution is -2.24. The van der Waals surface area contributed by atoms with Crippen molar-refractivity contribution in [2.24, 2.45) is 0 Å². The van der Waals surface area contributed by atoms with E-state index in [0.717, 1.165) is 4.47 Å². The molecule has 2 rings (SSSR count). The Labute approximate surface area is 196 Å². The highest BCUT2D eigenvalue weighted by atomic mass is 79.9. The summed E-state index contributed by atoms with van der Waals surface area (Å²) in [5.74, 6) is -0.217. The molecule has 0 radical (unpaired) electrons. The van der Waals surface area contributed by atoms with Crippen molar-refractivity contribution >= 4 is 49.8 Å². The quantitative estimate of drug-likeness (QED) is 0.163. The molecule has 2 aromatic carbocycles. The highest BCUT2D eigenvalue weighted by molar-refractivity contribution is 9.11. The van der Waals surface area contributed by atoms with Crippen LogP contribution in [-0.2, 0) is 9.59 Å². The van der Waals surface area contributed by atoms with E-state index in [-0.39, 0.29) is 30.2 Å². The molecule has 0 aliphatic heterocycles. The van der Waals surface area contributed by atoms with Gasteiger partial charge in [-0.2, -0.15) is 5.26 Å². The molecule has 0 saturated carbocycles. The van der Waals surface area contributed by atoms with Gasteiger partial charge in [0.05, 0.1) is 11.6 Å². The normalized spacial score (nSPS) is 10.6. The molecule has 1 amide bonds. The van der Waals surface area contributed by atoms with E-state index in [9.17, 15) is 14.9 Å². The van der Waals surface area contributed by atoms with Gasteiger partial charge in [-0.25, -0.2) is 4.79 Å². The number of amides is 1. The summed E-state index contributed by atoms with van der Waals surface area (Å²) in [6, 6.07) is 11.8. The number of nitrogens with zero attached hydrogens (tertiary/aromatic N) is 1. The van der Waals surface area contributed by atoms with Crippen LogP contribution in [-0.4, -0.2) is 32.1 Å². The maximum Gasteiger partial charge on any atom is 0.349 e. The van der Waals surface area contributed by atoms with E-state index in [1.54, 1.807) is 30.3 Å². The van der Waals surface area contributed by atoms with Gasteiger partial charge in [0.2, 0.25) is 0 Å². The zero-order valence-electron chi connectivity index (χ0n) is 16.5. The number of benzene rings is 2. The van der Waals surface area contributed by atoms with Crippen molar-refractivity contribution in [3.05, 3.63) is 69.1 Å². The molecule has 160 valence electrons. The van der Waals surface area contributed by atoms with Crippen LogP contribution >= 0.6 is 31.9 Å². The standard InChI is InChI=1S/C22H18Br2N2O5/c1-3-8-26-22(28)15(12-25)9-14-4-6-19(20(10-14)29-2)31-21(27)13-30-18-7-5-16(23)11-17(18)24/h3-7,9-11H,1,8,13H2,2H3,(H,26,28). The molecule has 0 heterocycles. The molecule has 0 aliphatic rings. The van der Waals surface area contributed by atoms with Gasteiger partial charge in [0, 0.05) is 11.0 Å². The predicted octanol–water partition coefficient (Wildman–Crippen LogP) is 4.41. The summed E-state index contributed by atoms with van der Waals surface area (Å²) < 4.78 is 17.6. The van der Waals surface area contributed by atoms with Crippen LogP contribution in [0.1, 0.15) is 5.56 Å². The number of hydrogen-bond acceptors (Lipinski definition) is 6. The van der Waals surface area contributed by atoms with E-state index in [4.69, 9.17) is 14.2 Å². The smallest absolute Gasteiger partial charge is 0.349 e. The predicted molar refractivity (Wildman–Crippen MR) is 123 cm³/mol. The molecule has 1 N–H and O–H groups in total. The number of ether oxygens (including phenoxy) is 3. The van der Waals surface area contributed by atoms with Crippen LogP contribution in [0.25, 0.3) is 6.08 Å². The zero-order chi connectivity index (χ0) is 22.8. The molecule has 0 unspecified atom stereocenters. The number of carbonyl (C=O) groups is 2. The number of rotatable bonds is 9. The summed E-state index contributed by atoms with van der Waals surface area (Å²) in [4.78, 5) is 24.2. The maximum absolute atomic E-state index is 12.2. The molecule has 0 spiro atoms. The molecule has 0 aliphatic carbocycles. The topological polar surface area (TPSA) is 97.7 Å². The average molecular weight is 550 g/mol. The number of methoxy groups -OCH3 is 1. The van der Waals surface area contributed by atoms with Crippen LogP contribution in [0.2, 0.25) is 0 Å². The van der Waals surface area contributed by atoms with Crippen molar-refractivity contribution in [1.29, 1.82) is 5.26 Å². The third-order valence-electron chi connectivity index (χ3n) is 3.73. The molecular formula is C22H18Br2N2O5. The first kappa shape index (κ1) is 24.2. The Morgan fingerprint density at radius 2 is 1.90 bits per heavy atom. The van der Waals surface area contributed by atoms with Gasteiger partial charge >= 0.3 is 5.97 Å². The van der Waals surface area contributed by atoms with Gasteiger partial charge in [-0.3, -0.25) is 4.79 Å². The molecule has 0 saturated heterocycles. The average Bonchev–Trinajstić information content (AvgIpc) is 2.75. The Balaban J connectivity index is 2.09. The highest BCUT2D eigenvalue weighted by Crippen LogP contribution is 2.30. The zero-order valence-corrected chi connectivity index (χ0v) is 19.7. The Morgan fingerprint density at radius 1 is 1.16 bits per heavy atom. The van der Waals surface area contributed by atoms with Gasteiger partial charge in [0.25, 0.3) is 5.91 Å². The van der Waals surface area contributed by atoms with Crippen LogP contribution < -0.4 is 19.5 Å². The molecular weight excluding hydrogens is 532 g/mol. The van der Waals surface area contributed by atoms with Gasteiger partial charge in [-0.05, 0) is 57.9 Å². The maximum atomic E-state index is 12.2. The highest BCUT2D eigenvalue weighted by Gasteiger charge is 2.14. The molecule has 0 aromatic heterocycles. The number of carbonyl (C=O) groups excluding carboxylic acids is 2. The Hall–Kier alpha value is -3.09. The molecule has 7 nitrogen and oxygen atoms in total. The summed E-state index contributed by atoms with van der Waals surface area (Å²) in [5.41, 5.74) is 0.444. The van der Waals surface area contributed by atoms with Gasteiger partial charge in [-0.15, -0.1) is 6.58 Å². The van der Waals surface area contributed by atoms with Crippen molar-refractivity contribution in [1.82, 2.24) is 5.32 Å². The molecule has 2 aromatic rings. The SMILES string of the molecule is C=CCNC(=O)C(C#N)=Cc1ccc(OC(=O)COc2ccc(Br)cc2Br)c(OC)c1. The number of nitriles is 1. The van der Waals surface area contributed by atoms with Crippen LogP contribution in [0.3, 0.4) is 0 Å². The van der Waals surface area contributed by atoms with Crippen LogP contribution in [0, 0.1) is 11.3 Å². The van der Waals surface area contributed by atoms with Crippen molar-refractivity contribution in [2.45, 2.75) is 0 Å². The van der Waals surface area contributed by atoms with E-state index < -0.39 is 11.9 Å². The lowest BCUT2D eigenvalue weighted by molar-refractivity contribution is -0.136. The second-order valence-corrected chi connectivity index (χ2v) is 7.69. The van der Waals surface area contributed by atoms with Gasteiger partial charge in [-0.1, -0.05) is 28.1 Å². The van der Waals surface area contributed by atoms with E-state index in [1.165, 1.54) is 25.3 Å². The molecule has 31 heavy (non-hydrogen) atoms.